The van der Waals surface area contributed by atoms with Crippen LogP contribution in [0, 0.1) is 0 Å². The van der Waals surface area contributed by atoms with Crippen LogP contribution in [0.2, 0.25) is 0 Å². The first kappa shape index (κ1) is 27.9. The van der Waals surface area contributed by atoms with E-state index in [0.717, 1.165) is 11.1 Å². The Bertz CT molecular complexity index is 960. The Labute approximate surface area is 208 Å². The largest absolute Gasteiger partial charge is 0.444 e. The van der Waals surface area contributed by atoms with E-state index in [1.165, 1.54) is 23.9 Å². The normalized spacial score (nSPS) is 12.9. The van der Waals surface area contributed by atoms with Crippen LogP contribution in [0.25, 0.3) is 0 Å². The number of likely N-dealkylation sites (N-methyl/N-ethyl adjacent to an activating group) is 3. The third kappa shape index (κ3) is 8.72. The predicted octanol–water partition coefficient (Wildman–Crippen LogP) is 3.25. The van der Waals surface area contributed by atoms with Gasteiger partial charge in [0, 0.05) is 27.6 Å². The molecule has 0 aliphatic rings. The quantitative estimate of drug-likeness (QED) is 0.561. The van der Waals surface area contributed by atoms with Crippen molar-refractivity contribution in [2.75, 3.05) is 27.7 Å². The van der Waals surface area contributed by atoms with Crippen LogP contribution in [0.4, 0.5) is 4.79 Å². The number of nitrogens with one attached hydrogen (secondary N) is 1. The number of benzene rings is 2. The predicted molar refractivity (Wildman–Crippen MR) is 135 cm³/mol. The van der Waals surface area contributed by atoms with E-state index in [2.05, 4.69) is 5.32 Å². The number of carbonyl (C=O) groups excluding carboxylic acids is 3. The number of carbonyl (C=O) groups is 3. The van der Waals surface area contributed by atoms with Gasteiger partial charge in [0.1, 0.15) is 17.7 Å². The zero-order valence-corrected chi connectivity index (χ0v) is 21.5. The molecule has 0 saturated heterocycles. The molecule has 0 radical (unpaired) electrons. The molecule has 35 heavy (non-hydrogen) atoms. The molecule has 0 aliphatic heterocycles. The van der Waals surface area contributed by atoms with Gasteiger partial charge in [-0.3, -0.25) is 14.5 Å². The third-order valence-corrected chi connectivity index (χ3v) is 5.46. The van der Waals surface area contributed by atoms with Gasteiger partial charge in [-0.1, -0.05) is 60.7 Å². The highest BCUT2D eigenvalue weighted by atomic mass is 16.6. The summed E-state index contributed by atoms with van der Waals surface area (Å²) >= 11 is 0. The number of ether oxygens (including phenoxy) is 2. The number of amides is 3. The van der Waals surface area contributed by atoms with E-state index in [1.54, 1.807) is 27.8 Å². The number of nitrogens with zero attached hydrogens (tertiary/aromatic N) is 2. The van der Waals surface area contributed by atoms with E-state index in [0.29, 0.717) is 6.42 Å². The van der Waals surface area contributed by atoms with Crippen LogP contribution in [-0.2, 0) is 32.1 Å². The second kappa shape index (κ2) is 12.9. The smallest absolute Gasteiger partial charge is 0.410 e. The summed E-state index contributed by atoms with van der Waals surface area (Å²) in [7, 11) is 4.60. The van der Waals surface area contributed by atoms with Crippen molar-refractivity contribution >= 4 is 17.9 Å². The second-order valence-corrected chi connectivity index (χ2v) is 9.38. The van der Waals surface area contributed by atoms with Gasteiger partial charge in [-0.05, 0) is 31.9 Å². The van der Waals surface area contributed by atoms with Gasteiger partial charge in [-0.25, -0.2) is 4.79 Å². The highest BCUT2D eigenvalue weighted by Gasteiger charge is 2.36. The van der Waals surface area contributed by atoms with Crippen LogP contribution in [0.5, 0.6) is 0 Å². The molecule has 2 aromatic carbocycles. The van der Waals surface area contributed by atoms with Crippen LogP contribution in [0.1, 0.15) is 31.9 Å². The molecule has 2 rings (SSSR count). The maximum absolute atomic E-state index is 13.7. The molecule has 0 aromatic heterocycles. The van der Waals surface area contributed by atoms with Crippen LogP contribution in [0.3, 0.4) is 0 Å². The van der Waals surface area contributed by atoms with Gasteiger partial charge in [0.2, 0.25) is 11.8 Å². The summed E-state index contributed by atoms with van der Waals surface area (Å²) in [5.41, 5.74) is 1.13. The summed E-state index contributed by atoms with van der Waals surface area (Å²) in [6.07, 6.45) is -0.316. The lowest BCUT2D eigenvalue weighted by Gasteiger charge is -2.34. The summed E-state index contributed by atoms with van der Waals surface area (Å²) in [5, 5.41) is 2.64. The minimum atomic E-state index is -0.985. The van der Waals surface area contributed by atoms with Gasteiger partial charge in [-0.2, -0.15) is 0 Å². The van der Waals surface area contributed by atoms with Crippen molar-refractivity contribution < 1.29 is 23.9 Å². The fourth-order valence-electron chi connectivity index (χ4n) is 3.47. The topological polar surface area (TPSA) is 88.2 Å². The molecule has 0 spiro atoms. The van der Waals surface area contributed by atoms with Gasteiger partial charge in [0.25, 0.3) is 0 Å². The number of hydrogen-bond donors (Lipinski definition) is 1. The molecule has 0 heterocycles. The molecular formula is C27H37N3O5. The van der Waals surface area contributed by atoms with Crippen LogP contribution < -0.4 is 5.32 Å². The molecule has 0 bridgehead atoms. The molecular weight excluding hydrogens is 446 g/mol. The SMILES string of the molecule is CNC(=O)C(Cc1ccccc1)N(C)C(=O)C(COCc1ccccc1)N(C)C(=O)OC(C)(C)C. The Morgan fingerprint density at radius 3 is 1.91 bits per heavy atom. The highest BCUT2D eigenvalue weighted by molar-refractivity contribution is 5.91. The zero-order chi connectivity index (χ0) is 26.0. The molecule has 190 valence electrons. The monoisotopic (exact) mass is 483 g/mol. The van der Waals surface area contributed by atoms with E-state index >= 15 is 0 Å². The molecule has 2 unspecified atom stereocenters. The summed E-state index contributed by atoms with van der Waals surface area (Å²) in [6.45, 7) is 5.50. The Morgan fingerprint density at radius 2 is 1.40 bits per heavy atom. The Hall–Kier alpha value is -3.39. The van der Waals surface area contributed by atoms with Gasteiger partial charge in [0.15, 0.2) is 0 Å². The Morgan fingerprint density at radius 1 is 0.857 bits per heavy atom. The minimum Gasteiger partial charge on any atom is -0.444 e. The molecule has 2 aromatic rings. The van der Waals surface area contributed by atoms with E-state index < -0.39 is 29.7 Å². The van der Waals surface area contributed by atoms with Crippen molar-refractivity contribution in [3.63, 3.8) is 0 Å². The first-order chi connectivity index (χ1) is 16.5. The lowest BCUT2D eigenvalue weighted by molar-refractivity contribution is -0.144. The van der Waals surface area contributed by atoms with Crippen molar-refractivity contribution in [3.8, 4) is 0 Å². The summed E-state index contributed by atoms with van der Waals surface area (Å²) < 4.78 is 11.3. The van der Waals surface area contributed by atoms with Crippen molar-refractivity contribution in [1.82, 2.24) is 15.1 Å². The summed E-state index contributed by atoms with van der Waals surface area (Å²) in [5.74, 6) is -0.718. The number of hydrogen-bond acceptors (Lipinski definition) is 5. The average Bonchev–Trinajstić information content (AvgIpc) is 2.83. The maximum Gasteiger partial charge on any atom is 0.410 e. The summed E-state index contributed by atoms with van der Waals surface area (Å²) in [4.78, 5) is 41.8. The molecule has 3 amide bonds. The van der Waals surface area contributed by atoms with E-state index in [4.69, 9.17) is 9.47 Å². The van der Waals surface area contributed by atoms with E-state index in [9.17, 15) is 14.4 Å². The lowest BCUT2D eigenvalue weighted by Crippen LogP contribution is -2.56. The van der Waals surface area contributed by atoms with Gasteiger partial charge < -0.3 is 19.7 Å². The number of rotatable bonds is 10. The van der Waals surface area contributed by atoms with E-state index in [1.807, 2.05) is 60.7 Å². The maximum atomic E-state index is 13.7. The lowest BCUT2D eigenvalue weighted by atomic mass is 10.0. The molecule has 0 fully saturated rings. The molecule has 8 nitrogen and oxygen atoms in total. The molecule has 8 heteroatoms. The van der Waals surface area contributed by atoms with Gasteiger partial charge in [-0.15, -0.1) is 0 Å². The first-order valence-corrected chi connectivity index (χ1v) is 11.6. The molecule has 0 saturated carbocycles. The van der Waals surface area contributed by atoms with Gasteiger partial charge in [0.05, 0.1) is 13.2 Å². The van der Waals surface area contributed by atoms with Crippen molar-refractivity contribution in [1.29, 1.82) is 0 Å². The van der Waals surface area contributed by atoms with Crippen molar-refractivity contribution in [2.45, 2.75) is 51.5 Å². The summed E-state index contributed by atoms with van der Waals surface area (Å²) in [6, 6.07) is 17.3. The molecule has 1 N–H and O–H groups in total. The zero-order valence-electron chi connectivity index (χ0n) is 21.5. The third-order valence-electron chi connectivity index (χ3n) is 5.46. The van der Waals surface area contributed by atoms with Crippen LogP contribution in [0.15, 0.2) is 60.7 Å². The van der Waals surface area contributed by atoms with Crippen LogP contribution in [-0.4, -0.2) is 73.1 Å². The van der Waals surface area contributed by atoms with Crippen LogP contribution >= 0.6 is 0 Å². The van der Waals surface area contributed by atoms with E-state index in [-0.39, 0.29) is 19.1 Å². The van der Waals surface area contributed by atoms with Gasteiger partial charge >= 0.3 is 6.09 Å². The Balaban J connectivity index is 2.25. The first-order valence-electron chi connectivity index (χ1n) is 11.6. The fraction of sp³-hybridized carbons (Fsp3) is 0.444. The highest BCUT2D eigenvalue weighted by Crippen LogP contribution is 2.16. The Kier molecular flexibility index (Phi) is 10.3. The van der Waals surface area contributed by atoms with Crippen molar-refractivity contribution in [2.24, 2.45) is 0 Å². The van der Waals surface area contributed by atoms with Crippen molar-refractivity contribution in [3.05, 3.63) is 71.8 Å². The second-order valence-electron chi connectivity index (χ2n) is 9.38. The standard InChI is InChI=1S/C27H37N3O5/c1-27(2,3)35-26(33)30(6)23(19-34-18-21-15-11-8-12-16-21)25(32)29(5)22(24(31)28-4)17-20-13-9-7-10-14-20/h7-16,22-23H,17-19H2,1-6H3,(H,28,31). The average molecular weight is 484 g/mol. The molecule has 2 atom stereocenters. The minimum absolute atomic E-state index is 0.0559. The molecule has 0 aliphatic carbocycles. The fourth-order valence-corrected chi connectivity index (χ4v) is 3.47.